The van der Waals surface area contributed by atoms with Crippen molar-refractivity contribution in [1.29, 1.82) is 0 Å². The molecule has 0 amide bonds. The number of Topliss-reactive ketones (excluding diaryl/α,β-unsaturated/α-hetero) is 1. The lowest BCUT2D eigenvalue weighted by atomic mass is 9.93. The first-order valence-corrected chi connectivity index (χ1v) is 6.38. The summed E-state index contributed by atoms with van der Waals surface area (Å²) in [5, 5.41) is 0.677. The third kappa shape index (κ3) is 1.81. The minimum absolute atomic E-state index is 0.149. The molecule has 0 unspecified atom stereocenters. The molecule has 0 N–H and O–H groups in total. The van der Waals surface area contributed by atoms with Crippen LogP contribution in [-0.4, -0.2) is 10.4 Å². The molecule has 1 aromatic heterocycles. The second-order valence-corrected chi connectivity index (χ2v) is 5.26. The molecular weight excluding hydrogens is 238 g/mol. The SMILES string of the molecule is CC(=O)c1cn(C)c2c(C)c(C)c(C)c(C)c2c1=O. The van der Waals surface area contributed by atoms with Gasteiger partial charge in [-0.25, -0.2) is 0 Å². The Kier molecular flexibility index (Phi) is 3.09. The highest BCUT2D eigenvalue weighted by atomic mass is 16.1. The average Bonchev–Trinajstić information content (AvgIpc) is 2.35. The standard InChI is InChI=1S/C16H19NO2/c1-8-9(2)11(4)15-14(10(8)3)16(19)13(12(5)18)7-17(15)6/h7H,1-6H3. The molecule has 0 bridgehead atoms. The number of fused-ring (bicyclic) bond motifs is 1. The Balaban J connectivity index is 3.18. The Labute approximate surface area is 112 Å². The minimum Gasteiger partial charge on any atom is -0.349 e. The highest BCUT2D eigenvalue weighted by Crippen LogP contribution is 2.27. The monoisotopic (exact) mass is 257 g/mol. The van der Waals surface area contributed by atoms with E-state index in [1.165, 1.54) is 12.5 Å². The number of benzene rings is 1. The van der Waals surface area contributed by atoms with E-state index < -0.39 is 0 Å². The molecule has 19 heavy (non-hydrogen) atoms. The fraction of sp³-hybridized carbons (Fsp3) is 0.375. The molecule has 0 atom stereocenters. The highest BCUT2D eigenvalue weighted by molar-refractivity contribution is 5.98. The van der Waals surface area contributed by atoms with Crippen molar-refractivity contribution < 1.29 is 4.79 Å². The van der Waals surface area contributed by atoms with Crippen molar-refractivity contribution in [2.24, 2.45) is 7.05 Å². The van der Waals surface area contributed by atoms with E-state index in [0.29, 0.717) is 5.39 Å². The number of hydrogen-bond acceptors (Lipinski definition) is 2. The van der Waals surface area contributed by atoms with Gasteiger partial charge in [-0.05, 0) is 56.9 Å². The number of ketones is 1. The maximum atomic E-state index is 12.5. The first-order chi connectivity index (χ1) is 8.77. The predicted octanol–water partition coefficient (Wildman–Crippen LogP) is 2.97. The van der Waals surface area contributed by atoms with Crippen molar-refractivity contribution in [1.82, 2.24) is 4.57 Å². The van der Waals surface area contributed by atoms with Crippen LogP contribution in [0, 0.1) is 27.7 Å². The first kappa shape index (κ1) is 13.5. The lowest BCUT2D eigenvalue weighted by Crippen LogP contribution is -2.19. The lowest BCUT2D eigenvalue weighted by Gasteiger charge is -2.17. The number of aryl methyl sites for hydroxylation is 3. The Hall–Kier alpha value is -1.90. The van der Waals surface area contributed by atoms with Crippen LogP contribution < -0.4 is 5.43 Å². The van der Waals surface area contributed by atoms with E-state index in [4.69, 9.17) is 0 Å². The van der Waals surface area contributed by atoms with Gasteiger partial charge in [0.25, 0.3) is 0 Å². The summed E-state index contributed by atoms with van der Waals surface area (Å²) in [6.07, 6.45) is 1.65. The maximum Gasteiger partial charge on any atom is 0.200 e. The normalized spacial score (nSPS) is 11.1. The zero-order valence-corrected chi connectivity index (χ0v) is 12.3. The lowest BCUT2D eigenvalue weighted by molar-refractivity contribution is 0.101. The molecule has 0 fully saturated rings. The summed E-state index contributed by atoms with van der Waals surface area (Å²) in [6.45, 7) is 9.51. The van der Waals surface area contributed by atoms with Gasteiger partial charge < -0.3 is 4.57 Å². The first-order valence-electron chi connectivity index (χ1n) is 6.38. The fourth-order valence-corrected chi connectivity index (χ4v) is 2.71. The molecule has 0 spiro atoms. The number of rotatable bonds is 1. The summed E-state index contributed by atoms with van der Waals surface area (Å²) in [4.78, 5) is 24.1. The molecule has 0 aliphatic carbocycles. The van der Waals surface area contributed by atoms with Gasteiger partial charge in [0.15, 0.2) is 11.2 Å². The van der Waals surface area contributed by atoms with Gasteiger partial charge in [-0.2, -0.15) is 0 Å². The Morgan fingerprint density at radius 3 is 2.05 bits per heavy atom. The van der Waals surface area contributed by atoms with Gasteiger partial charge in [-0.3, -0.25) is 9.59 Å². The van der Waals surface area contributed by atoms with E-state index in [0.717, 1.165) is 22.2 Å². The highest BCUT2D eigenvalue weighted by Gasteiger charge is 2.17. The molecule has 0 aliphatic heterocycles. The van der Waals surface area contributed by atoms with Gasteiger partial charge in [-0.1, -0.05) is 0 Å². The summed E-state index contributed by atoms with van der Waals surface area (Å²) < 4.78 is 1.89. The molecule has 1 aromatic carbocycles. The Morgan fingerprint density at radius 2 is 1.53 bits per heavy atom. The maximum absolute atomic E-state index is 12.5. The number of carbonyl (C=O) groups excluding carboxylic acids is 1. The number of carbonyl (C=O) groups is 1. The number of pyridine rings is 1. The van der Waals surface area contributed by atoms with Crippen LogP contribution in [-0.2, 0) is 7.05 Å². The summed E-state index contributed by atoms with van der Waals surface area (Å²) in [5.74, 6) is -0.183. The largest absolute Gasteiger partial charge is 0.349 e. The molecule has 3 heteroatoms. The van der Waals surface area contributed by atoms with E-state index in [9.17, 15) is 9.59 Å². The molecule has 0 aliphatic rings. The fourth-order valence-electron chi connectivity index (χ4n) is 2.71. The van der Waals surface area contributed by atoms with Crippen LogP contribution in [0.15, 0.2) is 11.0 Å². The van der Waals surface area contributed by atoms with Crippen molar-refractivity contribution in [3.63, 3.8) is 0 Å². The Bertz CT molecular complexity index is 767. The van der Waals surface area contributed by atoms with Crippen LogP contribution in [0.1, 0.15) is 39.5 Å². The van der Waals surface area contributed by atoms with E-state index in [1.807, 2.05) is 32.4 Å². The zero-order chi connectivity index (χ0) is 14.5. The number of hydrogen-bond donors (Lipinski definition) is 0. The summed E-state index contributed by atoms with van der Waals surface area (Å²) >= 11 is 0. The van der Waals surface area contributed by atoms with E-state index in [-0.39, 0.29) is 16.8 Å². The van der Waals surface area contributed by atoms with Crippen LogP contribution in [0.5, 0.6) is 0 Å². The van der Waals surface area contributed by atoms with Gasteiger partial charge >= 0.3 is 0 Å². The van der Waals surface area contributed by atoms with Gasteiger partial charge in [0.05, 0.1) is 11.1 Å². The third-order valence-corrected chi connectivity index (χ3v) is 4.18. The van der Waals surface area contributed by atoms with Crippen molar-refractivity contribution in [3.8, 4) is 0 Å². The average molecular weight is 257 g/mol. The van der Waals surface area contributed by atoms with Crippen LogP contribution in [0.25, 0.3) is 10.9 Å². The summed E-state index contributed by atoms with van der Waals surface area (Å²) in [5.41, 5.74) is 5.45. The molecular formula is C16H19NO2. The van der Waals surface area contributed by atoms with E-state index in [2.05, 4.69) is 6.92 Å². The molecule has 2 rings (SSSR count). The van der Waals surface area contributed by atoms with Gasteiger partial charge in [-0.15, -0.1) is 0 Å². The number of nitrogens with zero attached hydrogens (tertiary/aromatic N) is 1. The van der Waals surface area contributed by atoms with Crippen molar-refractivity contribution >= 4 is 16.7 Å². The quantitative estimate of drug-likeness (QED) is 0.737. The zero-order valence-electron chi connectivity index (χ0n) is 12.3. The summed E-state index contributed by atoms with van der Waals surface area (Å²) in [7, 11) is 1.88. The molecule has 2 aromatic rings. The Morgan fingerprint density at radius 1 is 1.00 bits per heavy atom. The van der Waals surface area contributed by atoms with Crippen molar-refractivity contribution in [2.75, 3.05) is 0 Å². The van der Waals surface area contributed by atoms with E-state index in [1.54, 1.807) is 6.20 Å². The molecule has 0 radical (unpaired) electrons. The van der Waals surface area contributed by atoms with Gasteiger partial charge in [0, 0.05) is 18.6 Å². The van der Waals surface area contributed by atoms with Gasteiger partial charge in [0.2, 0.25) is 0 Å². The molecule has 100 valence electrons. The van der Waals surface area contributed by atoms with Crippen molar-refractivity contribution in [3.05, 3.63) is 44.2 Å². The molecule has 3 nitrogen and oxygen atoms in total. The minimum atomic E-state index is -0.183. The van der Waals surface area contributed by atoms with Gasteiger partial charge in [0.1, 0.15) is 0 Å². The van der Waals surface area contributed by atoms with Crippen LogP contribution >= 0.6 is 0 Å². The van der Waals surface area contributed by atoms with Crippen LogP contribution in [0.4, 0.5) is 0 Å². The molecule has 1 heterocycles. The third-order valence-electron chi connectivity index (χ3n) is 4.18. The second kappa shape index (κ2) is 4.34. The topological polar surface area (TPSA) is 39.1 Å². The second-order valence-electron chi connectivity index (χ2n) is 5.26. The number of aromatic nitrogens is 1. The van der Waals surface area contributed by atoms with Crippen LogP contribution in [0.2, 0.25) is 0 Å². The molecule has 0 saturated heterocycles. The smallest absolute Gasteiger partial charge is 0.200 e. The molecule has 0 saturated carbocycles. The van der Waals surface area contributed by atoms with E-state index >= 15 is 0 Å². The summed E-state index contributed by atoms with van der Waals surface area (Å²) in [6, 6.07) is 0. The van der Waals surface area contributed by atoms with Crippen molar-refractivity contribution in [2.45, 2.75) is 34.6 Å². The predicted molar refractivity (Wildman–Crippen MR) is 78.1 cm³/mol. The van der Waals surface area contributed by atoms with Crippen LogP contribution in [0.3, 0.4) is 0 Å².